The van der Waals surface area contributed by atoms with Crippen molar-refractivity contribution in [1.82, 2.24) is 0 Å². The molecule has 90 valence electrons. The van der Waals surface area contributed by atoms with Gasteiger partial charge in [-0.25, -0.2) is 0 Å². The number of aliphatic hydroxyl groups is 2. The fourth-order valence-electron chi connectivity index (χ4n) is 1.84. The van der Waals surface area contributed by atoms with Crippen LogP contribution in [0.2, 0.25) is 0 Å². The highest BCUT2D eigenvalue weighted by Crippen LogP contribution is 2.26. The standard InChI is InChI=1S/C12H19NO3/c1-2-9(14)5-6-12-10(4-3-7-13)11(15)8-16-12/h5-6,9-12,14-15H,2-4,8H2,1H3/b6-5+/t9-,10-,11-,12+/m0/s1. The van der Waals surface area contributed by atoms with E-state index in [4.69, 9.17) is 10.00 Å². The molecule has 0 aromatic heterocycles. The van der Waals surface area contributed by atoms with E-state index in [2.05, 4.69) is 6.07 Å². The predicted octanol–water partition coefficient (Wildman–Crippen LogP) is 0.993. The molecule has 16 heavy (non-hydrogen) atoms. The van der Waals surface area contributed by atoms with Crippen LogP contribution in [0.5, 0.6) is 0 Å². The van der Waals surface area contributed by atoms with Crippen molar-refractivity contribution in [3.8, 4) is 6.07 Å². The van der Waals surface area contributed by atoms with Gasteiger partial charge in [-0.15, -0.1) is 0 Å². The quantitative estimate of drug-likeness (QED) is 0.684. The summed E-state index contributed by atoms with van der Waals surface area (Å²) in [7, 11) is 0. The van der Waals surface area contributed by atoms with Crippen molar-refractivity contribution < 1.29 is 14.9 Å². The number of ether oxygens (including phenoxy) is 1. The van der Waals surface area contributed by atoms with Crippen LogP contribution in [0.4, 0.5) is 0 Å². The van der Waals surface area contributed by atoms with Gasteiger partial charge < -0.3 is 14.9 Å². The molecule has 0 unspecified atom stereocenters. The van der Waals surface area contributed by atoms with Crippen molar-refractivity contribution >= 4 is 0 Å². The minimum atomic E-state index is -0.498. The third kappa shape index (κ3) is 3.60. The molecule has 0 aliphatic carbocycles. The SMILES string of the molecule is CC[C@H](O)/C=C/[C@H]1OC[C@H](O)[C@@H]1CCC#N. The number of nitriles is 1. The smallest absolute Gasteiger partial charge is 0.0830 e. The van der Waals surface area contributed by atoms with Crippen molar-refractivity contribution in [2.75, 3.05) is 6.61 Å². The normalized spacial score (nSPS) is 31.8. The maximum atomic E-state index is 9.68. The molecule has 0 bridgehead atoms. The minimum Gasteiger partial charge on any atom is -0.390 e. The Kier molecular flexibility index (Phi) is 5.47. The predicted molar refractivity (Wildman–Crippen MR) is 59.5 cm³/mol. The first-order valence-corrected chi connectivity index (χ1v) is 5.72. The van der Waals surface area contributed by atoms with Crippen molar-refractivity contribution in [1.29, 1.82) is 5.26 Å². The fourth-order valence-corrected chi connectivity index (χ4v) is 1.84. The van der Waals surface area contributed by atoms with E-state index in [0.29, 0.717) is 25.9 Å². The fraction of sp³-hybridized carbons (Fsp3) is 0.750. The summed E-state index contributed by atoms with van der Waals surface area (Å²) in [5.74, 6) is -0.0278. The summed E-state index contributed by atoms with van der Waals surface area (Å²) < 4.78 is 5.41. The molecule has 0 aromatic rings. The molecule has 4 atom stereocenters. The Morgan fingerprint density at radius 1 is 1.62 bits per heavy atom. The monoisotopic (exact) mass is 225 g/mol. The highest BCUT2D eigenvalue weighted by atomic mass is 16.5. The van der Waals surface area contributed by atoms with Crippen LogP contribution in [0.25, 0.3) is 0 Å². The molecule has 1 rings (SSSR count). The molecule has 0 saturated carbocycles. The molecule has 1 heterocycles. The lowest BCUT2D eigenvalue weighted by atomic mass is 9.93. The molecule has 4 nitrogen and oxygen atoms in total. The van der Waals surface area contributed by atoms with Gasteiger partial charge in [0.15, 0.2) is 0 Å². The van der Waals surface area contributed by atoms with Gasteiger partial charge in [-0.05, 0) is 12.8 Å². The molecule has 1 fully saturated rings. The molecule has 0 radical (unpaired) electrons. The first kappa shape index (κ1) is 13.2. The van der Waals surface area contributed by atoms with E-state index in [-0.39, 0.29) is 12.0 Å². The van der Waals surface area contributed by atoms with Crippen molar-refractivity contribution in [3.63, 3.8) is 0 Å². The average molecular weight is 225 g/mol. The Labute approximate surface area is 96.2 Å². The number of hydrogen-bond acceptors (Lipinski definition) is 4. The summed E-state index contributed by atoms with van der Waals surface area (Å²) >= 11 is 0. The van der Waals surface area contributed by atoms with Gasteiger partial charge in [-0.3, -0.25) is 0 Å². The van der Waals surface area contributed by atoms with Crippen molar-refractivity contribution in [2.45, 2.75) is 44.5 Å². The minimum absolute atomic E-state index is 0.0278. The van der Waals surface area contributed by atoms with E-state index in [0.717, 1.165) is 0 Å². The zero-order chi connectivity index (χ0) is 12.0. The lowest BCUT2D eigenvalue weighted by Gasteiger charge is -2.16. The highest BCUT2D eigenvalue weighted by Gasteiger charge is 2.33. The molecule has 1 aliphatic rings. The Bertz CT molecular complexity index is 272. The van der Waals surface area contributed by atoms with Crippen molar-refractivity contribution in [3.05, 3.63) is 12.2 Å². The van der Waals surface area contributed by atoms with Crippen LogP contribution in [-0.4, -0.2) is 35.1 Å². The van der Waals surface area contributed by atoms with E-state index in [9.17, 15) is 10.2 Å². The Hall–Kier alpha value is -0.890. The van der Waals surface area contributed by atoms with E-state index in [1.54, 1.807) is 12.2 Å². The van der Waals surface area contributed by atoms with E-state index in [1.165, 1.54) is 0 Å². The van der Waals surface area contributed by atoms with Crippen LogP contribution in [-0.2, 0) is 4.74 Å². The highest BCUT2D eigenvalue weighted by molar-refractivity contribution is 5.01. The zero-order valence-corrected chi connectivity index (χ0v) is 9.54. The Balaban J connectivity index is 2.51. The van der Waals surface area contributed by atoms with Gasteiger partial charge in [-0.1, -0.05) is 19.1 Å². The molecular weight excluding hydrogens is 206 g/mol. The van der Waals surface area contributed by atoms with Crippen LogP contribution in [0.3, 0.4) is 0 Å². The molecular formula is C12H19NO3. The van der Waals surface area contributed by atoms with Crippen LogP contribution in [0.15, 0.2) is 12.2 Å². The molecule has 0 aromatic carbocycles. The van der Waals surface area contributed by atoms with Crippen LogP contribution in [0.1, 0.15) is 26.2 Å². The Morgan fingerprint density at radius 2 is 2.38 bits per heavy atom. The summed E-state index contributed by atoms with van der Waals surface area (Å²) in [5.41, 5.74) is 0. The number of hydrogen-bond donors (Lipinski definition) is 2. The zero-order valence-electron chi connectivity index (χ0n) is 9.54. The molecule has 1 aliphatic heterocycles. The number of aliphatic hydroxyl groups excluding tert-OH is 2. The molecule has 2 N–H and O–H groups in total. The third-order valence-corrected chi connectivity index (χ3v) is 2.91. The van der Waals surface area contributed by atoms with Gasteiger partial charge in [0, 0.05) is 12.3 Å². The van der Waals surface area contributed by atoms with E-state index < -0.39 is 12.2 Å². The maximum Gasteiger partial charge on any atom is 0.0830 e. The summed E-state index contributed by atoms with van der Waals surface area (Å²) in [5, 5.41) is 27.6. The van der Waals surface area contributed by atoms with Crippen LogP contribution in [0, 0.1) is 17.2 Å². The molecule has 0 spiro atoms. The van der Waals surface area contributed by atoms with E-state index >= 15 is 0 Å². The summed E-state index contributed by atoms with van der Waals surface area (Å²) in [6, 6.07) is 2.07. The molecule has 1 saturated heterocycles. The lowest BCUT2D eigenvalue weighted by Crippen LogP contribution is -2.22. The van der Waals surface area contributed by atoms with Crippen molar-refractivity contribution in [2.24, 2.45) is 5.92 Å². The molecule has 4 heteroatoms. The first-order chi connectivity index (χ1) is 7.69. The van der Waals surface area contributed by atoms with Gasteiger partial charge in [0.05, 0.1) is 31.0 Å². The second-order valence-electron chi connectivity index (χ2n) is 4.09. The van der Waals surface area contributed by atoms with E-state index in [1.807, 2.05) is 6.92 Å². The lowest BCUT2D eigenvalue weighted by molar-refractivity contribution is 0.107. The Morgan fingerprint density at radius 3 is 3.00 bits per heavy atom. The largest absolute Gasteiger partial charge is 0.390 e. The molecule has 0 amide bonds. The summed E-state index contributed by atoms with van der Waals surface area (Å²) in [6.45, 7) is 2.21. The van der Waals surface area contributed by atoms with Gasteiger partial charge in [-0.2, -0.15) is 5.26 Å². The van der Waals surface area contributed by atoms with Gasteiger partial charge >= 0.3 is 0 Å². The van der Waals surface area contributed by atoms with Crippen LogP contribution >= 0.6 is 0 Å². The van der Waals surface area contributed by atoms with Gasteiger partial charge in [0.25, 0.3) is 0 Å². The topological polar surface area (TPSA) is 73.5 Å². The third-order valence-electron chi connectivity index (χ3n) is 2.91. The second kappa shape index (κ2) is 6.64. The number of nitrogens with zero attached hydrogens (tertiary/aromatic N) is 1. The van der Waals surface area contributed by atoms with Gasteiger partial charge in [0.2, 0.25) is 0 Å². The summed E-state index contributed by atoms with van der Waals surface area (Å²) in [4.78, 5) is 0. The van der Waals surface area contributed by atoms with Crippen LogP contribution < -0.4 is 0 Å². The first-order valence-electron chi connectivity index (χ1n) is 5.72. The summed E-state index contributed by atoms with van der Waals surface area (Å²) in [6.07, 6.45) is 4.08. The second-order valence-corrected chi connectivity index (χ2v) is 4.09. The maximum absolute atomic E-state index is 9.68. The van der Waals surface area contributed by atoms with Gasteiger partial charge in [0.1, 0.15) is 0 Å². The average Bonchev–Trinajstić information content (AvgIpc) is 2.64. The number of rotatable bonds is 5.